The van der Waals surface area contributed by atoms with Gasteiger partial charge in [0.2, 0.25) is 0 Å². The van der Waals surface area contributed by atoms with Crippen LogP contribution in [0.15, 0.2) is 12.3 Å². The van der Waals surface area contributed by atoms with Crippen LogP contribution in [0.3, 0.4) is 0 Å². The molecule has 5 nitrogen and oxygen atoms in total. The van der Waals surface area contributed by atoms with Crippen molar-refractivity contribution in [3.05, 3.63) is 28.8 Å². The molecular formula is C13H16ClFN2O3. The first-order chi connectivity index (χ1) is 9.10. The lowest BCUT2D eigenvalue weighted by molar-refractivity contribution is -0.156. The van der Waals surface area contributed by atoms with Gasteiger partial charge in [-0.05, 0) is 33.8 Å². The zero-order valence-electron chi connectivity index (χ0n) is 11.7. The Morgan fingerprint density at radius 3 is 2.60 bits per heavy atom. The van der Waals surface area contributed by atoms with Crippen LogP contribution in [0.4, 0.5) is 4.39 Å². The molecule has 7 heteroatoms. The Morgan fingerprint density at radius 1 is 1.45 bits per heavy atom. The average Bonchev–Trinajstić information content (AvgIpc) is 2.29. The largest absolute Gasteiger partial charge is 0.458 e. The molecule has 1 aromatic rings. The summed E-state index contributed by atoms with van der Waals surface area (Å²) in [7, 11) is 0. The molecule has 1 atom stereocenters. The summed E-state index contributed by atoms with van der Waals surface area (Å²) in [6, 6.07) is 0.0630. The molecule has 0 saturated carbocycles. The summed E-state index contributed by atoms with van der Waals surface area (Å²) in [6.07, 6.45) is 0.899. The smallest absolute Gasteiger partial charge is 0.328 e. The minimum Gasteiger partial charge on any atom is -0.458 e. The second kappa shape index (κ2) is 6.17. The molecule has 0 aliphatic heterocycles. The summed E-state index contributed by atoms with van der Waals surface area (Å²) in [6.45, 7) is 6.61. The van der Waals surface area contributed by atoms with Gasteiger partial charge >= 0.3 is 5.97 Å². The highest BCUT2D eigenvalue weighted by molar-refractivity contribution is 6.32. The first kappa shape index (κ1) is 16.4. The SMILES string of the molecule is C[C@H](NC(=O)c1cc(F)cnc1Cl)C(=O)OC(C)(C)C. The van der Waals surface area contributed by atoms with Crippen LogP contribution >= 0.6 is 11.6 Å². The zero-order chi connectivity index (χ0) is 15.5. The summed E-state index contributed by atoms with van der Waals surface area (Å²) < 4.78 is 18.1. The van der Waals surface area contributed by atoms with Gasteiger partial charge in [0.05, 0.1) is 11.8 Å². The van der Waals surface area contributed by atoms with Crippen molar-refractivity contribution < 1.29 is 18.7 Å². The summed E-state index contributed by atoms with van der Waals surface area (Å²) in [5.74, 6) is -1.98. The fraction of sp³-hybridized carbons (Fsp3) is 0.462. The molecule has 0 saturated heterocycles. The number of carbonyl (C=O) groups is 2. The van der Waals surface area contributed by atoms with Gasteiger partial charge in [-0.25, -0.2) is 14.2 Å². The fourth-order valence-corrected chi connectivity index (χ4v) is 1.49. The van der Waals surface area contributed by atoms with Gasteiger partial charge in [0.1, 0.15) is 22.6 Å². The number of esters is 1. The number of hydrogen-bond donors (Lipinski definition) is 1. The first-order valence-electron chi connectivity index (χ1n) is 5.95. The second-order valence-corrected chi connectivity index (χ2v) is 5.58. The van der Waals surface area contributed by atoms with E-state index >= 15 is 0 Å². The predicted octanol–water partition coefficient (Wildman–Crippen LogP) is 2.33. The Balaban J connectivity index is 2.75. The Labute approximate surface area is 121 Å². The number of carbonyl (C=O) groups excluding carboxylic acids is 2. The van der Waals surface area contributed by atoms with E-state index in [1.807, 2.05) is 0 Å². The van der Waals surface area contributed by atoms with Crippen molar-refractivity contribution in [2.45, 2.75) is 39.3 Å². The quantitative estimate of drug-likeness (QED) is 0.687. The summed E-state index contributed by atoms with van der Waals surface area (Å²) in [5, 5.41) is 2.24. The van der Waals surface area contributed by atoms with E-state index in [1.54, 1.807) is 20.8 Å². The molecule has 20 heavy (non-hydrogen) atoms. The van der Waals surface area contributed by atoms with Crippen molar-refractivity contribution in [3.63, 3.8) is 0 Å². The van der Waals surface area contributed by atoms with Crippen molar-refractivity contribution in [1.82, 2.24) is 10.3 Å². The number of halogens is 2. The van der Waals surface area contributed by atoms with Crippen LogP contribution in [0.2, 0.25) is 5.15 Å². The lowest BCUT2D eigenvalue weighted by Gasteiger charge is -2.22. The molecule has 1 aromatic heterocycles. The molecule has 1 amide bonds. The number of amides is 1. The number of ether oxygens (including phenoxy) is 1. The molecule has 1 N–H and O–H groups in total. The van der Waals surface area contributed by atoms with E-state index in [4.69, 9.17) is 16.3 Å². The van der Waals surface area contributed by atoms with Gasteiger partial charge in [-0.2, -0.15) is 0 Å². The zero-order valence-corrected chi connectivity index (χ0v) is 12.4. The Kier molecular flexibility index (Phi) is 5.05. The molecule has 0 bridgehead atoms. The lowest BCUT2D eigenvalue weighted by atomic mass is 10.2. The van der Waals surface area contributed by atoms with Gasteiger partial charge in [0.25, 0.3) is 5.91 Å². The van der Waals surface area contributed by atoms with Gasteiger partial charge in [0, 0.05) is 0 Å². The van der Waals surface area contributed by atoms with Crippen LogP contribution in [0.25, 0.3) is 0 Å². The van der Waals surface area contributed by atoms with Gasteiger partial charge in [-0.15, -0.1) is 0 Å². The average molecular weight is 303 g/mol. The molecule has 0 aromatic carbocycles. The van der Waals surface area contributed by atoms with E-state index in [0.29, 0.717) is 0 Å². The number of nitrogens with one attached hydrogen (secondary N) is 1. The third-order valence-corrected chi connectivity index (χ3v) is 2.46. The summed E-state index contributed by atoms with van der Waals surface area (Å²) in [4.78, 5) is 27.1. The Hall–Kier alpha value is -1.69. The second-order valence-electron chi connectivity index (χ2n) is 5.22. The normalized spacial score (nSPS) is 12.7. The molecule has 110 valence electrons. The van der Waals surface area contributed by atoms with Gasteiger partial charge in [-0.1, -0.05) is 11.6 Å². The molecular weight excluding hydrogens is 287 g/mol. The van der Waals surface area contributed by atoms with Crippen LogP contribution in [-0.2, 0) is 9.53 Å². The van der Waals surface area contributed by atoms with E-state index < -0.39 is 29.3 Å². The summed E-state index contributed by atoms with van der Waals surface area (Å²) >= 11 is 5.71. The third-order valence-electron chi connectivity index (χ3n) is 2.16. The molecule has 0 unspecified atom stereocenters. The van der Waals surface area contributed by atoms with Crippen LogP contribution in [-0.4, -0.2) is 28.5 Å². The van der Waals surface area contributed by atoms with Gasteiger partial charge in [0.15, 0.2) is 0 Å². The molecule has 0 fully saturated rings. The van der Waals surface area contributed by atoms with Crippen LogP contribution in [0.5, 0.6) is 0 Å². The maximum atomic E-state index is 13.0. The van der Waals surface area contributed by atoms with Crippen molar-refractivity contribution in [3.8, 4) is 0 Å². The van der Waals surface area contributed by atoms with Crippen molar-refractivity contribution in [2.75, 3.05) is 0 Å². The predicted molar refractivity (Wildman–Crippen MR) is 72.0 cm³/mol. The van der Waals surface area contributed by atoms with Crippen molar-refractivity contribution in [2.24, 2.45) is 0 Å². The standard InChI is InChI=1S/C13H16ClFN2O3/c1-7(12(19)20-13(2,3)4)17-11(18)9-5-8(15)6-16-10(9)14/h5-7H,1-4H3,(H,17,18)/t7-/m0/s1. The number of pyridine rings is 1. The van der Waals surface area contributed by atoms with Crippen LogP contribution < -0.4 is 5.32 Å². The fourth-order valence-electron chi connectivity index (χ4n) is 1.31. The Morgan fingerprint density at radius 2 is 2.05 bits per heavy atom. The van der Waals surface area contributed by atoms with Gasteiger partial charge in [-0.3, -0.25) is 4.79 Å². The van der Waals surface area contributed by atoms with Crippen LogP contribution in [0, 0.1) is 5.82 Å². The molecule has 0 spiro atoms. The highest BCUT2D eigenvalue weighted by Gasteiger charge is 2.24. The van der Waals surface area contributed by atoms with Crippen molar-refractivity contribution >= 4 is 23.5 Å². The monoisotopic (exact) mass is 302 g/mol. The number of aromatic nitrogens is 1. The maximum absolute atomic E-state index is 13.0. The highest BCUT2D eigenvalue weighted by atomic mass is 35.5. The maximum Gasteiger partial charge on any atom is 0.328 e. The van der Waals surface area contributed by atoms with E-state index in [9.17, 15) is 14.0 Å². The number of rotatable bonds is 3. The number of nitrogens with zero attached hydrogens (tertiary/aromatic N) is 1. The molecule has 0 aliphatic rings. The third kappa shape index (κ3) is 4.77. The highest BCUT2D eigenvalue weighted by Crippen LogP contribution is 2.14. The molecule has 1 heterocycles. The Bertz CT molecular complexity index is 529. The summed E-state index contributed by atoms with van der Waals surface area (Å²) in [5.41, 5.74) is -0.796. The van der Waals surface area contributed by atoms with Crippen LogP contribution in [0.1, 0.15) is 38.1 Å². The lowest BCUT2D eigenvalue weighted by Crippen LogP contribution is -2.42. The minimum atomic E-state index is -0.888. The van der Waals surface area contributed by atoms with E-state index in [-0.39, 0.29) is 10.7 Å². The molecule has 1 rings (SSSR count). The topological polar surface area (TPSA) is 68.3 Å². The van der Waals surface area contributed by atoms with E-state index in [0.717, 1.165) is 12.3 Å². The molecule has 0 aliphatic carbocycles. The first-order valence-corrected chi connectivity index (χ1v) is 6.32. The van der Waals surface area contributed by atoms with Crippen molar-refractivity contribution in [1.29, 1.82) is 0 Å². The molecule has 0 radical (unpaired) electrons. The number of hydrogen-bond acceptors (Lipinski definition) is 4. The van der Waals surface area contributed by atoms with E-state index in [1.165, 1.54) is 6.92 Å². The van der Waals surface area contributed by atoms with Gasteiger partial charge < -0.3 is 10.1 Å². The minimum absolute atomic E-state index is 0.137. The van der Waals surface area contributed by atoms with E-state index in [2.05, 4.69) is 10.3 Å².